The number of nitrogens with one attached hydrogen (secondary N) is 1. The first-order valence-corrected chi connectivity index (χ1v) is 4.53. The van der Waals surface area contributed by atoms with Gasteiger partial charge in [0.15, 0.2) is 0 Å². The van der Waals surface area contributed by atoms with E-state index in [1.54, 1.807) is 0 Å². The number of carbonyl (C=O) groups excluding carboxylic acids is 1. The molecule has 0 fully saturated rings. The van der Waals surface area contributed by atoms with Crippen molar-refractivity contribution in [2.24, 2.45) is 11.5 Å². The maximum atomic E-state index is 11.1. The standard InChI is InChI=1S/C8H17N3O3.Mg.2H/c9-4-2-1-3-6(10)8(14)11-5-7(12)13;;;/h6H,1-5,9-10H2,(H,11,14)(H,12,13);;;/q;+2;2*-1/t6-;;;/m0.../s1. The third kappa shape index (κ3) is 9.92. The van der Waals surface area contributed by atoms with Gasteiger partial charge in [-0.25, -0.2) is 0 Å². The second-order valence-electron chi connectivity index (χ2n) is 3.00. The molecule has 0 heterocycles. The van der Waals surface area contributed by atoms with Crippen LogP contribution in [0.5, 0.6) is 0 Å². The maximum Gasteiger partial charge on any atom is 2.00 e. The first-order chi connectivity index (χ1) is 6.57. The van der Waals surface area contributed by atoms with Gasteiger partial charge in [-0.3, -0.25) is 9.59 Å². The molecule has 0 saturated carbocycles. The molecular weight excluding hydrogens is 210 g/mol. The molecule has 0 aliphatic carbocycles. The third-order valence-electron chi connectivity index (χ3n) is 1.72. The van der Waals surface area contributed by atoms with Crippen molar-refractivity contribution in [3.63, 3.8) is 0 Å². The molecule has 7 heteroatoms. The normalized spacial score (nSPS) is 11.3. The Morgan fingerprint density at radius 3 is 2.47 bits per heavy atom. The fourth-order valence-corrected chi connectivity index (χ4v) is 0.934. The summed E-state index contributed by atoms with van der Waals surface area (Å²) in [5.74, 6) is -1.50. The Labute approximate surface area is 108 Å². The van der Waals surface area contributed by atoms with Crippen LogP contribution in [0.1, 0.15) is 22.1 Å². The van der Waals surface area contributed by atoms with Crippen LogP contribution in [0, 0.1) is 0 Å². The molecule has 15 heavy (non-hydrogen) atoms. The van der Waals surface area contributed by atoms with E-state index >= 15 is 0 Å². The van der Waals surface area contributed by atoms with Crippen LogP contribution >= 0.6 is 0 Å². The molecule has 1 atom stereocenters. The fraction of sp³-hybridized carbons (Fsp3) is 0.750. The monoisotopic (exact) mass is 229 g/mol. The maximum absolute atomic E-state index is 11.1. The fourth-order valence-electron chi connectivity index (χ4n) is 0.934. The van der Waals surface area contributed by atoms with Gasteiger partial charge in [0.05, 0.1) is 6.04 Å². The van der Waals surface area contributed by atoms with E-state index in [4.69, 9.17) is 16.6 Å². The molecule has 0 rings (SSSR count). The number of unbranched alkanes of at least 4 members (excludes halogenated alkanes) is 1. The van der Waals surface area contributed by atoms with Gasteiger partial charge in [-0.15, -0.1) is 0 Å². The summed E-state index contributed by atoms with van der Waals surface area (Å²) >= 11 is 0. The molecule has 86 valence electrons. The van der Waals surface area contributed by atoms with Crippen LogP contribution in [0.3, 0.4) is 0 Å². The topological polar surface area (TPSA) is 118 Å². The predicted octanol–water partition coefficient (Wildman–Crippen LogP) is -1.51. The van der Waals surface area contributed by atoms with Crippen molar-refractivity contribution in [2.45, 2.75) is 25.3 Å². The smallest absolute Gasteiger partial charge is 1.00 e. The Kier molecular flexibility index (Phi) is 11.5. The van der Waals surface area contributed by atoms with Gasteiger partial charge in [0.1, 0.15) is 6.54 Å². The van der Waals surface area contributed by atoms with E-state index in [-0.39, 0.29) is 32.5 Å². The minimum atomic E-state index is -1.08. The molecule has 0 aliphatic rings. The van der Waals surface area contributed by atoms with Crippen LogP contribution in [0.4, 0.5) is 0 Å². The zero-order valence-corrected chi connectivity index (χ0v) is 10.2. The van der Waals surface area contributed by atoms with Gasteiger partial charge in [0, 0.05) is 0 Å². The average Bonchev–Trinajstić information content (AvgIpc) is 2.14. The Bertz CT molecular complexity index is 210. The summed E-state index contributed by atoms with van der Waals surface area (Å²) in [5.41, 5.74) is 10.8. The van der Waals surface area contributed by atoms with Gasteiger partial charge >= 0.3 is 29.0 Å². The number of amides is 1. The average molecular weight is 230 g/mol. The van der Waals surface area contributed by atoms with Gasteiger partial charge in [-0.1, -0.05) is 6.42 Å². The van der Waals surface area contributed by atoms with Crippen LogP contribution in [-0.4, -0.2) is 59.2 Å². The summed E-state index contributed by atoms with van der Waals surface area (Å²) in [6, 6.07) is -0.638. The summed E-state index contributed by atoms with van der Waals surface area (Å²) in [4.78, 5) is 21.2. The van der Waals surface area contributed by atoms with Crippen molar-refractivity contribution in [2.75, 3.05) is 13.1 Å². The van der Waals surface area contributed by atoms with Crippen LogP contribution in [0.25, 0.3) is 0 Å². The third-order valence-corrected chi connectivity index (χ3v) is 1.72. The number of carbonyl (C=O) groups is 2. The zero-order valence-electron chi connectivity index (χ0n) is 10.7. The van der Waals surface area contributed by atoms with Crippen molar-refractivity contribution in [1.82, 2.24) is 5.32 Å². The summed E-state index contributed by atoms with van der Waals surface area (Å²) in [6.07, 6.45) is 2.13. The molecule has 0 bridgehead atoms. The SMILES string of the molecule is NCCCC[C@H](N)C(=O)NCC(=O)O.[H-].[H-].[Mg+2]. The zero-order chi connectivity index (χ0) is 11.0. The molecular formula is C8H19MgN3O3. The number of nitrogens with two attached hydrogens (primary N) is 2. The van der Waals surface area contributed by atoms with E-state index in [0.717, 1.165) is 12.8 Å². The van der Waals surface area contributed by atoms with Gasteiger partial charge in [-0.05, 0) is 19.4 Å². The summed E-state index contributed by atoms with van der Waals surface area (Å²) in [7, 11) is 0. The van der Waals surface area contributed by atoms with E-state index in [1.807, 2.05) is 0 Å². The van der Waals surface area contributed by atoms with E-state index in [0.29, 0.717) is 13.0 Å². The van der Waals surface area contributed by atoms with Crippen LogP contribution < -0.4 is 16.8 Å². The molecule has 6 nitrogen and oxygen atoms in total. The van der Waals surface area contributed by atoms with Crippen LogP contribution in [-0.2, 0) is 9.59 Å². The van der Waals surface area contributed by atoms with Crippen molar-refractivity contribution in [3.8, 4) is 0 Å². The quantitative estimate of drug-likeness (QED) is 0.313. The molecule has 0 aromatic carbocycles. The number of carboxylic acids is 1. The number of carboxylic acid groups (broad SMARTS) is 1. The molecule has 0 unspecified atom stereocenters. The van der Waals surface area contributed by atoms with E-state index < -0.39 is 17.9 Å². The second kappa shape index (κ2) is 10.2. The minimum absolute atomic E-state index is 0. The van der Waals surface area contributed by atoms with Crippen LogP contribution in [0.15, 0.2) is 0 Å². The molecule has 0 saturated heterocycles. The van der Waals surface area contributed by atoms with E-state index in [9.17, 15) is 9.59 Å². The Morgan fingerprint density at radius 2 is 2.00 bits per heavy atom. The van der Waals surface area contributed by atoms with Crippen molar-refractivity contribution >= 4 is 34.9 Å². The Balaban J connectivity index is -0.000000282. The largest absolute Gasteiger partial charge is 2.00 e. The van der Waals surface area contributed by atoms with E-state index in [2.05, 4.69) is 5.32 Å². The first-order valence-electron chi connectivity index (χ1n) is 4.53. The minimum Gasteiger partial charge on any atom is -1.00 e. The molecule has 0 spiro atoms. The summed E-state index contributed by atoms with van der Waals surface area (Å²) in [5, 5.41) is 10.5. The van der Waals surface area contributed by atoms with Gasteiger partial charge in [0.2, 0.25) is 5.91 Å². The first kappa shape index (κ1) is 17.0. The predicted molar refractivity (Wildman–Crippen MR) is 59.5 cm³/mol. The van der Waals surface area contributed by atoms with Crippen molar-refractivity contribution < 1.29 is 17.5 Å². The molecule has 0 aromatic rings. The number of aliphatic carboxylic acids is 1. The molecule has 6 N–H and O–H groups in total. The molecule has 0 aromatic heterocycles. The van der Waals surface area contributed by atoms with E-state index in [1.165, 1.54) is 0 Å². The number of hydrogen-bond donors (Lipinski definition) is 4. The summed E-state index contributed by atoms with van der Waals surface area (Å²) < 4.78 is 0. The van der Waals surface area contributed by atoms with Gasteiger partial charge in [0.25, 0.3) is 0 Å². The molecule has 0 aliphatic heterocycles. The van der Waals surface area contributed by atoms with Crippen LogP contribution in [0.2, 0.25) is 0 Å². The number of rotatable bonds is 7. The Morgan fingerprint density at radius 1 is 1.40 bits per heavy atom. The summed E-state index contributed by atoms with van der Waals surface area (Å²) in [6.45, 7) is 0.187. The van der Waals surface area contributed by atoms with Crippen molar-refractivity contribution in [3.05, 3.63) is 0 Å². The van der Waals surface area contributed by atoms with Gasteiger partial charge in [-0.2, -0.15) is 0 Å². The Hall–Kier alpha value is -0.374. The van der Waals surface area contributed by atoms with Crippen molar-refractivity contribution in [1.29, 1.82) is 0 Å². The second-order valence-corrected chi connectivity index (χ2v) is 3.00. The molecule has 0 radical (unpaired) electrons. The van der Waals surface area contributed by atoms with Gasteiger partial charge < -0.3 is 24.7 Å². The molecule has 1 amide bonds. The number of hydrogen-bond acceptors (Lipinski definition) is 4.